The predicted octanol–water partition coefficient (Wildman–Crippen LogP) is 1.09. The molecule has 0 saturated carbocycles. The Balaban J connectivity index is 1.40. The summed E-state index contributed by atoms with van der Waals surface area (Å²) in [6, 6.07) is 5.33. The van der Waals surface area contributed by atoms with Crippen LogP contribution in [0.1, 0.15) is 31.2 Å². The topological polar surface area (TPSA) is 88.1 Å². The molecule has 0 bridgehead atoms. The Kier molecular flexibility index (Phi) is 5.37. The predicted molar refractivity (Wildman–Crippen MR) is 102 cm³/mol. The van der Waals surface area contributed by atoms with Gasteiger partial charge in [0.2, 0.25) is 6.10 Å². The van der Waals surface area contributed by atoms with E-state index in [0.29, 0.717) is 11.3 Å². The van der Waals surface area contributed by atoms with Crippen molar-refractivity contribution in [2.75, 3.05) is 24.6 Å². The molecule has 1 aromatic rings. The van der Waals surface area contributed by atoms with E-state index in [-0.39, 0.29) is 35.7 Å². The average molecular weight is 409 g/mol. The van der Waals surface area contributed by atoms with Crippen LogP contribution in [0, 0.1) is 5.82 Å². The first-order valence-electron chi connectivity index (χ1n) is 9.65. The highest BCUT2D eigenvalue weighted by Crippen LogP contribution is 2.24. The van der Waals surface area contributed by atoms with E-state index >= 15 is 0 Å². The van der Waals surface area contributed by atoms with Crippen LogP contribution in [-0.4, -0.2) is 67.7 Å². The summed E-state index contributed by atoms with van der Waals surface area (Å²) >= 11 is 0. The molecule has 28 heavy (non-hydrogen) atoms. The molecule has 1 amide bonds. The fourth-order valence-corrected chi connectivity index (χ4v) is 6.16. The number of oxime groups is 1. The van der Waals surface area contributed by atoms with E-state index < -0.39 is 22.0 Å². The van der Waals surface area contributed by atoms with Crippen molar-refractivity contribution in [3.05, 3.63) is 35.6 Å². The van der Waals surface area contributed by atoms with Crippen LogP contribution in [0.4, 0.5) is 4.39 Å². The van der Waals surface area contributed by atoms with E-state index in [0.717, 1.165) is 32.4 Å². The maximum Gasteiger partial charge on any atom is 0.264 e. The third-order valence-electron chi connectivity index (χ3n) is 5.63. The van der Waals surface area contributed by atoms with Crippen LogP contribution in [0.5, 0.6) is 0 Å². The molecule has 1 N–H and O–H groups in total. The molecule has 0 aliphatic carbocycles. The van der Waals surface area contributed by atoms with Gasteiger partial charge in [0.25, 0.3) is 5.91 Å². The van der Waals surface area contributed by atoms with Crippen LogP contribution < -0.4 is 5.32 Å². The van der Waals surface area contributed by atoms with Crippen LogP contribution in [-0.2, 0) is 19.5 Å². The highest BCUT2D eigenvalue weighted by molar-refractivity contribution is 7.91. The number of halogens is 1. The van der Waals surface area contributed by atoms with Crippen molar-refractivity contribution in [1.82, 2.24) is 10.2 Å². The first-order chi connectivity index (χ1) is 13.4. The summed E-state index contributed by atoms with van der Waals surface area (Å²) in [5.74, 6) is -0.730. The lowest BCUT2D eigenvalue weighted by Crippen LogP contribution is -2.54. The highest BCUT2D eigenvalue weighted by atomic mass is 32.2. The SMILES string of the molecule is O=C(NC1CS(=O)(=O)CC1N1CCCCC1)C1CC(c2cccc(F)c2)=NO1. The van der Waals surface area contributed by atoms with Gasteiger partial charge in [-0.05, 0) is 38.1 Å². The number of amides is 1. The zero-order valence-electron chi connectivity index (χ0n) is 15.5. The van der Waals surface area contributed by atoms with Gasteiger partial charge in [-0.25, -0.2) is 12.8 Å². The smallest absolute Gasteiger partial charge is 0.264 e. The molecule has 3 heterocycles. The molecule has 1 aromatic carbocycles. The van der Waals surface area contributed by atoms with E-state index in [9.17, 15) is 17.6 Å². The molecule has 0 spiro atoms. The van der Waals surface area contributed by atoms with Gasteiger partial charge in [-0.3, -0.25) is 9.69 Å². The van der Waals surface area contributed by atoms with Crippen LogP contribution in [0.15, 0.2) is 29.4 Å². The molecule has 3 aliphatic rings. The van der Waals surface area contributed by atoms with Gasteiger partial charge in [-0.2, -0.15) is 0 Å². The molecular formula is C19H24FN3O4S. The van der Waals surface area contributed by atoms with Gasteiger partial charge >= 0.3 is 0 Å². The Hall–Kier alpha value is -2.00. The molecular weight excluding hydrogens is 385 g/mol. The minimum atomic E-state index is -3.19. The third kappa shape index (κ3) is 4.20. The summed E-state index contributed by atoms with van der Waals surface area (Å²) in [5.41, 5.74) is 1.08. The van der Waals surface area contributed by atoms with Gasteiger partial charge in [-0.15, -0.1) is 0 Å². The number of piperidine rings is 1. The number of nitrogens with zero attached hydrogens (tertiary/aromatic N) is 2. The van der Waals surface area contributed by atoms with Gasteiger partial charge in [0.15, 0.2) is 9.84 Å². The van der Waals surface area contributed by atoms with E-state index in [4.69, 9.17) is 4.84 Å². The minimum Gasteiger partial charge on any atom is -0.382 e. The Morgan fingerprint density at radius 3 is 2.75 bits per heavy atom. The maximum atomic E-state index is 13.4. The quantitative estimate of drug-likeness (QED) is 0.804. The molecule has 7 nitrogen and oxygen atoms in total. The Bertz CT molecular complexity index is 883. The summed E-state index contributed by atoms with van der Waals surface area (Å²) in [5, 5.41) is 6.80. The van der Waals surface area contributed by atoms with Crippen molar-refractivity contribution in [1.29, 1.82) is 0 Å². The summed E-state index contributed by atoms with van der Waals surface area (Å²) in [6.45, 7) is 1.72. The van der Waals surface area contributed by atoms with Gasteiger partial charge < -0.3 is 10.2 Å². The molecule has 152 valence electrons. The number of benzene rings is 1. The van der Waals surface area contributed by atoms with Crippen LogP contribution in [0.2, 0.25) is 0 Å². The molecule has 0 radical (unpaired) electrons. The number of sulfone groups is 1. The second-order valence-corrected chi connectivity index (χ2v) is 9.86. The first-order valence-corrected chi connectivity index (χ1v) is 11.5. The molecule has 0 aromatic heterocycles. The van der Waals surface area contributed by atoms with Crippen molar-refractivity contribution in [2.24, 2.45) is 5.16 Å². The second-order valence-electron chi connectivity index (χ2n) is 7.70. The summed E-state index contributed by atoms with van der Waals surface area (Å²) in [4.78, 5) is 20.1. The number of rotatable bonds is 4. The zero-order chi connectivity index (χ0) is 19.7. The largest absolute Gasteiger partial charge is 0.382 e. The molecule has 3 unspecified atom stereocenters. The Morgan fingerprint density at radius 1 is 1.21 bits per heavy atom. The average Bonchev–Trinajstić information content (AvgIpc) is 3.27. The number of hydrogen-bond acceptors (Lipinski definition) is 6. The van der Waals surface area contributed by atoms with E-state index in [1.165, 1.54) is 12.1 Å². The lowest BCUT2D eigenvalue weighted by atomic mass is 10.0. The molecule has 3 aliphatic heterocycles. The van der Waals surface area contributed by atoms with Crippen LogP contribution in [0.25, 0.3) is 0 Å². The van der Waals surface area contributed by atoms with Crippen molar-refractivity contribution < 1.29 is 22.4 Å². The van der Waals surface area contributed by atoms with Gasteiger partial charge in [0, 0.05) is 18.0 Å². The van der Waals surface area contributed by atoms with E-state index in [2.05, 4.69) is 15.4 Å². The number of carbonyl (C=O) groups is 1. The van der Waals surface area contributed by atoms with Gasteiger partial charge in [0.05, 0.1) is 23.3 Å². The third-order valence-corrected chi connectivity index (χ3v) is 7.35. The highest BCUT2D eigenvalue weighted by Gasteiger charge is 2.43. The number of hydrogen-bond donors (Lipinski definition) is 1. The summed E-state index contributed by atoms with van der Waals surface area (Å²) in [7, 11) is -3.19. The Labute approximate surface area is 163 Å². The number of carbonyl (C=O) groups excluding carboxylic acids is 1. The monoisotopic (exact) mass is 409 g/mol. The van der Waals surface area contributed by atoms with Gasteiger partial charge in [-0.1, -0.05) is 23.7 Å². The molecule has 4 rings (SSSR count). The Morgan fingerprint density at radius 2 is 2.00 bits per heavy atom. The molecule has 9 heteroatoms. The normalized spacial score (nSPS) is 29.9. The fourth-order valence-electron chi connectivity index (χ4n) is 4.21. The summed E-state index contributed by atoms with van der Waals surface area (Å²) < 4.78 is 37.8. The van der Waals surface area contributed by atoms with E-state index in [1.807, 2.05) is 0 Å². The van der Waals surface area contributed by atoms with Gasteiger partial charge in [0.1, 0.15) is 5.82 Å². The zero-order valence-corrected chi connectivity index (χ0v) is 16.3. The van der Waals surface area contributed by atoms with Crippen molar-refractivity contribution in [2.45, 2.75) is 43.9 Å². The maximum absolute atomic E-state index is 13.4. The second kappa shape index (κ2) is 7.79. The van der Waals surface area contributed by atoms with Crippen molar-refractivity contribution in [3.63, 3.8) is 0 Å². The molecule has 2 saturated heterocycles. The number of likely N-dealkylation sites (tertiary alicyclic amines) is 1. The van der Waals surface area contributed by atoms with Crippen LogP contribution in [0.3, 0.4) is 0 Å². The standard InChI is InChI=1S/C19H24FN3O4S/c20-14-6-4-5-13(9-14)15-10-18(27-22-15)19(24)21-16-11-28(25,26)12-17(16)23-7-2-1-3-8-23/h4-6,9,16-18H,1-3,7-8,10-12H2,(H,21,24). The van der Waals surface area contributed by atoms with Crippen molar-refractivity contribution >= 4 is 21.5 Å². The molecule has 3 atom stereocenters. The van der Waals surface area contributed by atoms with Crippen LogP contribution >= 0.6 is 0 Å². The summed E-state index contributed by atoms with van der Waals surface area (Å²) in [6.07, 6.45) is 2.65. The lowest BCUT2D eigenvalue weighted by molar-refractivity contribution is -0.132. The minimum absolute atomic E-state index is 0.0514. The van der Waals surface area contributed by atoms with Crippen molar-refractivity contribution in [3.8, 4) is 0 Å². The fraction of sp³-hybridized carbons (Fsp3) is 0.579. The number of nitrogens with one attached hydrogen (secondary N) is 1. The molecule has 2 fully saturated rings. The van der Waals surface area contributed by atoms with E-state index in [1.54, 1.807) is 12.1 Å². The lowest BCUT2D eigenvalue weighted by Gasteiger charge is -2.35. The first kappa shape index (κ1) is 19.3.